The SMILES string of the molecule is O=C(C[C@H]1CSN1)OCc1ccccc1. The number of carbonyl (C=O) groups excluding carboxylic acids is 1. The summed E-state index contributed by atoms with van der Waals surface area (Å²) < 4.78 is 8.24. The van der Waals surface area contributed by atoms with Crippen molar-refractivity contribution in [2.75, 3.05) is 5.75 Å². The summed E-state index contributed by atoms with van der Waals surface area (Å²) in [6.45, 7) is 0.375. The van der Waals surface area contributed by atoms with Crippen molar-refractivity contribution in [1.29, 1.82) is 0 Å². The van der Waals surface area contributed by atoms with Crippen LogP contribution in [0.2, 0.25) is 0 Å². The molecule has 1 aromatic rings. The van der Waals surface area contributed by atoms with Crippen molar-refractivity contribution in [1.82, 2.24) is 4.72 Å². The minimum absolute atomic E-state index is 0.128. The summed E-state index contributed by atoms with van der Waals surface area (Å²) >= 11 is 1.64. The molecule has 0 amide bonds. The predicted molar refractivity (Wildman–Crippen MR) is 60.2 cm³/mol. The zero-order valence-electron chi connectivity index (χ0n) is 8.31. The van der Waals surface area contributed by atoms with Crippen LogP contribution in [0.25, 0.3) is 0 Å². The van der Waals surface area contributed by atoms with E-state index in [0.717, 1.165) is 11.3 Å². The first-order chi connectivity index (χ1) is 7.34. The monoisotopic (exact) mass is 223 g/mol. The van der Waals surface area contributed by atoms with Crippen molar-refractivity contribution in [3.8, 4) is 0 Å². The summed E-state index contributed by atoms with van der Waals surface area (Å²) in [7, 11) is 0. The molecule has 0 aliphatic carbocycles. The maximum atomic E-state index is 11.3. The van der Waals surface area contributed by atoms with Crippen molar-refractivity contribution < 1.29 is 9.53 Å². The van der Waals surface area contributed by atoms with Gasteiger partial charge in [-0.15, -0.1) is 0 Å². The Morgan fingerprint density at radius 1 is 1.47 bits per heavy atom. The third-order valence-electron chi connectivity index (χ3n) is 2.19. The molecule has 1 aromatic carbocycles. The molecular weight excluding hydrogens is 210 g/mol. The van der Waals surface area contributed by atoms with E-state index in [2.05, 4.69) is 4.72 Å². The fourth-order valence-corrected chi connectivity index (χ4v) is 1.90. The average Bonchev–Trinajstić information content (AvgIpc) is 2.22. The minimum atomic E-state index is -0.128. The summed E-state index contributed by atoms with van der Waals surface area (Å²) in [5.74, 6) is 0.872. The van der Waals surface area contributed by atoms with Crippen LogP contribution in [-0.2, 0) is 16.1 Å². The van der Waals surface area contributed by atoms with Gasteiger partial charge in [-0.1, -0.05) is 42.3 Å². The molecule has 0 aromatic heterocycles. The molecular formula is C11H13NO2S. The Morgan fingerprint density at radius 3 is 2.80 bits per heavy atom. The second-order valence-electron chi connectivity index (χ2n) is 3.48. The summed E-state index contributed by atoms with van der Waals surface area (Å²) in [4.78, 5) is 11.3. The van der Waals surface area contributed by atoms with E-state index in [1.807, 2.05) is 30.3 Å². The molecule has 0 bridgehead atoms. The lowest BCUT2D eigenvalue weighted by Crippen LogP contribution is -2.38. The molecule has 0 radical (unpaired) electrons. The van der Waals surface area contributed by atoms with E-state index in [1.54, 1.807) is 11.9 Å². The molecule has 1 saturated heterocycles. The first-order valence-electron chi connectivity index (χ1n) is 4.91. The lowest BCUT2D eigenvalue weighted by Gasteiger charge is -2.25. The number of esters is 1. The zero-order chi connectivity index (χ0) is 10.5. The number of rotatable bonds is 4. The van der Waals surface area contributed by atoms with Gasteiger partial charge >= 0.3 is 5.97 Å². The molecule has 4 heteroatoms. The molecule has 1 aliphatic rings. The molecule has 1 heterocycles. The highest BCUT2D eigenvalue weighted by molar-refractivity contribution is 7.98. The topological polar surface area (TPSA) is 38.3 Å². The van der Waals surface area contributed by atoms with E-state index in [9.17, 15) is 4.79 Å². The second-order valence-corrected chi connectivity index (χ2v) is 4.33. The average molecular weight is 223 g/mol. The standard InChI is InChI=1S/C11H13NO2S/c13-11(6-10-8-15-12-10)14-7-9-4-2-1-3-5-9/h1-5,10,12H,6-8H2/t10-/m0/s1. The first-order valence-corrected chi connectivity index (χ1v) is 5.90. The van der Waals surface area contributed by atoms with Crippen LogP contribution in [0.1, 0.15) is 12.0 Å². The van der Waals surface area contributed by atoms with E-state index in [0.29, 0.717) is 19.1 Å². The lowest BCUT2D eigenvalue weighted by molar-refractivity contribution is -0.145. The van der Waals surface area contributed by atoms with E-state index >= 15 is 0 Å². The minimum Gasteiger partial charge on any atom is -0.461 e. The van der Waals surface area contributed by atoms with Crippen LogP contribution in [0.4, 0.5) is 0 Å². The highest BCUT2D eigenvalue weighted by Crippen LogP contribution is 2.15. The van der Waals surface area contributed by atoms with Gasteiger partial charge in [0.2, 0.25) is 0 Å². The molecule has 80 valence electrons. The van der Waals surface area contributed by atoms with Gasteiger partial charge < -0.3 is 4.74 Å². The quantitative estimate of drug-likeness (QED) is 0.623. The Bertz CT molecular complexity index is 325. The molecule has 1 aliphatic heterocycles. The largest absolute Gasteiger partial charge is 0.461 e. The number of benzene rings is 1. The normalized spacial score (nSPS) is 19.3. The van der Waals surface area contributed by atoms with Crippen LogP contribution >= 0.6 is 11.9 Å². The van der Waals surface area contributed by atoms with Gasteiger partial charge in [0.25, 0.3) is 0 Å². The third kappa shape index (κ3) is 3.25. The lowest BCUT2D eigenvalue weighted by atomic mass is 10.2. The predicted octanol–water partition coefficient (Wildman–Crippen LogP) is 1.74. The summed E-state index contributed by atoms with van der Waals surface area (Å²) in [6.07, 6.45) is 0.472. The van der Waals surface area contributed by atoms with Gasteiger partial charge in [-0.3, -0.25) is 9.52 Å². The van der Waals surface area contributed by atoms with Crippen molar-refractivity contribution in [2.45, 2.75) is 19.1 Å². The van der Waals surface area contributed by atoms with Crippen molar-refractivity contribution in [3.05, 3.63) is 35.9 Å². The zero-order valence-corrected chi connectivity index (χ0v) is 9.13. The molecule has 3 nitrogen and oxygen atoms in total. The molecule has 1 N–H and O–H groups in total. The molecule has 1 fully saturated rings. The summed E-state index contributed by atoms with van der Waals surface area (Å²) in [6, 6.07) is 10.0. The number of carbonyl (C=O) groups is 1. The highest BCUT2D eigenvalue weighted by atomic mass is 32.2. The van der Waals surface area contributed by atoms with Gasteiger partial charge in [0.15, 0.2) is 0 Å². The molecule has 2 rings (SSSR count). The Hall–Kier alpha value is -1.00. The molecule has 1 atom stereocenters. The van der Waals surface area contributed by atoms with Gasteiger partial charge in [0, 0.05) is 11.8 Å². The summed E-state index contributed by atoms with van der Waals surface area (Å²) in [5, 5.41) is 0. The smallest absolute Gasteiger partial charge is 0.307 e. The molecule has 0 unspecified atom stereocenters. The number of hydrogen-bond donors (Lipinski definition) is 1. The fraction of sp³-hybridized carbons (Fsp3) is 0.364. The Morgan fingerprint density at radius 2 is 2.20 bits per heavy atom. The van der Waals surface area contributed by atoms with Gasteiger partial charge in [0.1, 0.15) is 6.61 Å². The van der Waals surface area contributed by atoms with Crippen LogP contribution < -0.4 is 4.72 Å². The van der Waals surface area contributed by atoms with Crippen LogP contribution in [-0.4, -0.2) is 17.8 Å². The van der Waals surface area contributed by atoms with Crippen molar-refractivity contribution >= 4 is 17.9 Å². The maximum absolute atomic E-state index is 11.3. The molecule has 15 heavy (non-hydrogen) atoms. The van der Waals surface area contributed by atoms with Crippen molar-refractivity contribution in [3.63, 3.8) is 0 Å². The Kier molecular flexibility index (Phi) is 3.64. The van der Waals surface area contributed by atoms with Gasteiger partial charge in [-0.05, 0) is 5.56 Å². The van der Waals surface area contributed by atoms with E-state index < -0.39 is 0 Å². The van der Waals surface area contributed by atoms with Gasteiger partial charge in [-0.25, -0.2) is 0 Å². The van der Waals surface area contributed by atoms with Crippen LogP contribution in [0.5, 0.6) is 0 Å². The fourth-order valence-electron chi connectivity index (χ4n) is 1.30. The Labute approximate surface area is 93.3 Å². The van der Waals surface area contributed by atoms with Crippen LogP contribution in [0, 0.1) is 0 Å². The summed E-state index contributed by atoms with van der Waals surface area (Å²) in [5.41, 5.74) is 1.03. The number of nitrogens with one attached hydrogen (secondary N) is 1. The molecule has 0 spiro atoms. The maximum Gasteiger partial charge on any atom is 0.307 e. The highest BCUT2D eigenvalue weighted by Gasteiger charge is 2.21. The van der Waals surface area contributed by atoms with Gasteiger partial charge in [-0.2, -0.15) is 0 Å². The second kappa shape index (κ2) is 5.19. The molecule has 0 saturated carbocycles. The van der Waals surface area contributed by atoms with Crippen LogP contribution in [0.15, 0.2) is 30.3 Å². The van der Waals surface area contributed by atoms with Gasteiger partial charge in [0.05, 0.1) is 6.42 Å². The Balaban J connectivity index is 1.71. The first kappa shape index (κ1) is 10.5. The third-order valence-corrected chi connectivity index (χ3v) is 3.26. The van der Waals surface area contributed by atoms with Crippen molar-refractivity contribution in [2.24, 2.45) is 0 Å². The number of hydrogen-bond acceptors (Lipinski definition) is 4. The van der Waals surface area contributed by atoms with E-state index in [-0.39, 0.29) is 5.97 Å². The van der Waals surface area contributed by atoms with Crippen LogP contribution in [0.3, 0.4) is 0 Å². The number of ether oxygens (including phenoxy) is 1. The van der Waals surface area contributed by atoms with E-state index in [1.165, 1.54) is 0 Å². The van der Waals surface area contributed by atoms with E-state index in [4.69, 9.17) is 4.74 Å².